The third-order valence-corrected chi connectivity index (χ3v) is 6.81. The lowest BCUT2D eigenvalue weighted by Crippen LogP contribution is -2.53. The molecule has 0 radical (unpaired) electrons. The predicted molar refractivity (Wildman–Crippen MR) is 174 cm³/mol. The number of alkyl carbamates (subject to hydrolysis) is 1. The number of nitrogens with one attached hydrogen (secondary N) is 2. The summed E-state index contributed by atoms with van der Waals surface area (Å²) in [5.41, 5.74) is 0.586. The largest absolute Gasteiger partial charge is 0.458 e. The highest BCUT2D eigenvalue weighted by Gasteiger charge is 2.38. The van der Waals surface area contributed by atoms with Crippen molar-refractivity contribution in [2.24, 2.45) is 0 Å². The van der Waals surface area contributed by atoms with Gasteiger partial charge in [0.25, 0.3) is 5.91 Å². The van der Waals surface area contributed by atoms with Gasteiger partial charge in [0.2, 0.25) is 5.91 Å². The molecule has 9 nitrogen and oxygen atoms in total. The van der Waals surface area contributed by atoms with Crippen LogP contribution < -0.4 is 10.6 Å². The van der Waals surface area contributed by atoms with E-state index in [9.17, 15) is 19.2 Å². The van der Waals surface area contributed by atoms with E-state index in [1.165, 1.54) is 11.8 Å². The summed E-state index contributed by atoms with van der Waals surface area (Å²) < 4.78 is 11.0. The van der Waals surface area contributed by atoms with Crippen LogP contribution in [0.25, 0.3) is 0 Å². The van der Waals surface area contributed by atoms with E-state index in [1.54, 1.807) is 65.8 Å². The summed E-state index contributed by atoms with van der Waals surface area (Å²) in [5, 5.41) is 5.43. The molecule has 0 fully saturated rings. The van der Waals surface area contributed by atoms with E-state index in [1.807, 2.05) is 43.5 Å². The summed E-state index contributed by atoms with van der Waals surface area (Å²) >= 11 is 1.49. The van der Waals surface area contributed by atoms with Crippen LogP contribution in [0.4, 0.5) is 4.79 Å². The second-order valence-corrected chi connectivity index (χ2v) is 13.4. The third-order valence-electron chi connectivity index (χ3n) is 6.17. The highest BCUT2D eigenvalue weighted by Crippen LogP contribution is 2.24. The van der Waals surface area contributed by atoms with Gasteiger partial charge in [0.05, 0.1) is 0 Å². The van der Waals surface area contributed by atoms with Crippen LogP contribution in [0, 0.1) is 19.4 Å². The number of nitrogens with zero attached hydrogens (tertiary/aromatic N) is 1. The summed E-state index contributed by atoms with van der Waals surface area (Å²) in [4.78, 5) is 55.1. The molecule has 2 aromatic carbocycles. The number of benzene rings is 2. The Labute approximate surface area is 265 Å². The lowest BCUT2D eigenvalue weighted by Gasteiger charge is -2.32. The van der Waals surface area contributed by atoms with E-state index in [0.717, 1.165) is 16.0 Å². The number of amides is 3. The number of esters is 1. The summed E-state index contributed by atoms with van der Waals surface area (Å²) in [6, 6.07) is 15.1. The van der Waals surface area contributed by atoms with Gasteiger partial charge >= 0.3 is 12.1 Å². The van der Waals surface area contributed by atoms with E-state index in [2.05, 4.69) is 16.7 Å². The first-order chi connectivity index (χ1) is 20.5. The van der Waals surface area contributed by atoms with Gasteiger partial charge in [0, 0.05) is 12.5 Å². The topological polar surface area (TPSA) is 114 Å². The zero-order valence-corrected chi connectivity index (χ0v) is 27.7. The zero-order valence-electron chi connectivity index (χ0n) is 26.9. The number of terminal acetylenes is 1. The SMILES string of the molecule is C#CN(C(=O)C(CCSC)NC(=O)OC(C)(C)C)C(C(=O)NC(Cc1ccccc1)C(=O)OC(C)(C)C)c1ccc(C)cc1. The van der Waals surface area contributed by atoms with Crippen molar-refractivity contribution in [3.8, 4) is 12.5 Å². The fourth-order valence-electron chi connectivity index (χ4n) is 4.21. The first kappa shape index (κ1) is 36.2. The van der Waals surface area contributed by atoms with Gasteiger partial charge in [0.1, 0.15) is 29.3 Å². The molecule has 0 aliphatic carbocycles. The number of aryl methyl sites for hydroxylation is 1. The Balaban J connectivity index is 2.51. The van der Waals surface area contributed by atoms with Crippen molar-refractivity contribution in [1.82, 2.24) is 15.5 Å². The van der Waals surface area contributed by atoms with Crippen molar-refractivity contribution < 1.29 is 28.7 Å². The van der Waals surface area contributed by atoms with Crippen molar-refractivity contribution >= 4 is 35.6 Å². The third kappa shape index (κ3) is 12.0. The average molecular weight is 624 g/mol. The molecule has 0 spiro atoms. The van der Waals surface area contributed by atoms with Crippen LogP contribution in [0.15, 0.2) is 54.6 Å². The van der Waals surface area contributed by atoms with Crippen LogP contribution in [0.3, 0.4) is 0 Å². The van der Waals surface area contributed by atoms with E-state index >= 15 is 0 Å². The minimum Gasteiger partial charge on any atom is -0.458 e. The number of hydrogen-bond acceptors (Lipinski definition) is 7. The van der Waals surface area contributed by atoms with Crippen molar-refractivity contribution in [3.05, 3.63) is 71.3 Å². The van der Waals surface area contributed by atoms with Crippen LogP contribution in [-0.2, 0) is 30.3 Å². The van der Waals surface area contributed by atoms with Crippen molar-refractivity contribution in [2.75, 3.05) is 12.0 Å². The molecule has 0 bridgehead atoms. The monoisotopic (exact) mass is 623 g/mol. The van der Waals surface area contributed by atoms with Crippen LogP contribution in [0.1, 0.15) is 70.7 Å². The van der Waals surface area contributed by atoms with Gasteiger partial charge in [-0.1, -0.05) is 66.6 Å². The normalized spacial score (nSPS) is 13.4. The molecule has 0 aliphatic heterocycles. The van der Waals surface area contributed by atoms with Crippen LogP contribution >= 0.6 is 11.8 Å². The molecule has 3 unspecified atom stereocenters. The first-order valence-corrected chi connectivity index (χ1v) is 15.9. The Morgan fingerprint density at radius 3 is 2.00 bits per heavy atom. The molecular formula is C34H45N3O6S. The fraction of sp³-hybridized carbons (Fsp3) is 0.471. The number of rotatable bonds is 12. The Hall–Kier alpha value is -3.97. The Morgan fingerprint density at radius 1 is 0.886 bits per heavy atom. The molecule has 0 saturated heterocycles. The molecule has 0 saturated carbocycles. The van der Waals surface area contributed by atoms with Crippen LogP contribution in [0.2, 0.25) is 0 Å². The lowest BCUT2D eigenvalue weighted by molar-refractivity contribution is -0.159. The van der Waals surface area contributed by atoms with Crippen LogP contribution in [0.5, 0.6) is 0 Å². The molecule has 3 amide bonds. The van der Waals surface area contributed by atoms with E-state index in [4.69, 9.17) is 15.9 Å². The van der Waals surface area contributed by atoms with Crippen molar-refractivity contribution in [1.29, 1.82) is 0 Å². The highest BCUT2D eigenvalue weighted by molar-refractivity contribution is 7.98. The number of carbonyl (C=O) groups is 4. The number of carbonyl (C=O) groups excluding carboxylic acids is 4. The molecule has 2 aromatic rings. The smallest absolute Gasteiger partial charge is 0.408 e. The predicted octanol–water partition coefficient (Wildman–Crippen LogP) is 5.17. The first-order valence-electron chi connectivity index (χ1n) is 14.5. The Bertz CT molecular complexity index is 1310. The summed E-state index contributed by atoms with van der Waals surface area (Å²) in [6.45, 7) is 12.3. The molecule has 0 aliphatic rings. The maximum Gasteiger partial charge on any atom is 0.408 e. The van der Waals surface area contributed by atoms with Gasteiger partial charge in [-0.15, -0.1) is 0 Å². The van der Waals surface area contributed by atoms with E-state index in [0.29, 0.717) is 11.3 Å². The van der Waals surface area contributed by atoms with Crippen molar-refractivity contribution in [2.45, 2.75) is 90.6 Å². The number of thioether (sulfide) groups is 1. The number of ether oxygens (including phenoxy) is 2. The minimum absolute atomic E-state index is 0.155. The number of hydrogen-bond donors (Lipinski definition) is 2. The summed E-state index contributed by atoms with van der Waals surface area (Å²) in [6.07, 6.45) is 7.41. The quantitative estimate of drug-likeness (QED) is 0.191. The maximum absolute atomic E-state index is 14.1. The second kappa shape index (κ2) is 16.2. The van der Waals surface area contributed by atoms with Gasteiger partial charge < -0.3 is 20.1 Å². The Morgan fingerprint density at radius 2 is 1.48 bits per heavy atom. The molecule has 2 rings (SSSR count). The van der Waals surface area contributed by atoms with Gasteiger partial charge in [-0.3, -0.25) is 14.5 Å². The fourth-order valence-corrected chi connectivity index (χ4v) is 4.68. The van der Waals surface area contributed by atoms with E-state index < -0.39 is 53.2 Å². The van der Waals surface area contributed by atoms with Gasteiger partial charge in [-0.25, -0.2) is 9.59 Å². The maximum atomic E-state index is 14.1. The molecular weight excluding hydrogens is 578 g/mol. The molecule has 0 aromatic heterocycles. The molecule has 10 heteroatoms. The second-order valence-electron chi connectivity index (χ2n) is 12.4. The van der Waals surface area contributed by atoms with Gasteiger partial charge in [0.15, 0.2) is 0 Å². The molecule has 238 valence electrons. The van der Waals surface area contributed by atoms with E-state index in [-0.39, 0.29) is 12.8 Å². The molecule has 3 atom stereocenters. The van der Waals surface area contributed by atoms with Gasteiger partial charge in [-0.2, -0.15) is 11.8 Å². The summed E-state index contributed by atoms with van der Waals surface area (Å²) in [5.74, 6) is -1.43. The molecule has 2 N–H and O–H groups in total. The van der Waals surface area contributed by atoms with Crippen LogP contribution in [-0.4, -0.2) is 64.1 Å². The van der Waals surface area contributed by atoms with Crippen molar-refractivity contribution in [3.63, 3.8) is 0 Å². The standard InChI is InChI=1S/C34H45N3O6S/c1-10-37(30(39)26(20-21-44-9)36-32(41)43-34(6,7)8)28(25-18-16-23(2)17-19-25)29(38)35-27(31(40)42-33(3,4)5)22-24-14-12-11-13-15-24/h1,11-19,26-28H,20-22H2,2-9H3,(H,35,38)(H,36,41). The van der Waals surface area contributed by atoms with Gasteiger partial charge in [-0.05, 0) is 78.0 Å². The molecule has 44 heavy (non-hydrogen) atoms. The average Bonchev–Trinajstić information content (AvgIpc) is 2.92. The minimum atomic E-state index is -1.31. The zero-order chi connectivity index (χ0) is 33.1. The lowest BCUT2D eigenvalue weighted by atomic mass is 10.00. The Kier molecular flexibility index (Phi) is 13.3. The summed E-state index contributed by atoms with van der Waals surface area (Å²) in [7, 11) is 0. The highest BCUT2D eigenvalue weighted by atomic mass is 32.2. The molecule has 0 heterocycles.